The van der Waals surface area contributed by atoms with Crippen molar-refractivity contribution in [3.05, 3.63) is 88.5 Å². The highest BCUT2D eigenvalue weighted by atomic mass is 32.2. The van der Waals surface area contributed by atoms with Crippen LogP contribution in [0.2, 0.25) is 0 Å². The molecule has 4 fully saturated rings. The number of sulfone groups is 1. The molecular formula is C48H62N6O8S. The standard InChI is InChI=1S/C48H62N6O8S/c1-4-62-44-30-36(10-14-43(44)61-2)42(32-63(3,59)60)54-47(57)40-12-11-38(31-41(40)48(54)58)53-28-26-52(27-29-53)37-18-24-51(25-19-37)21-5-20-50-22-16-34(17-23-50)33-6-8-35(9-7-33)39-13-15-45(55)49-46(39)56/h6-12,14,30-31,34,37,39,42H,4-5,13,15-29,32H2,1-3H3,(H,49,55,56). The summed E-state index contributed by atoms with van der Waals surface area (Å²) in [6, 6.07) is 18.5. The molecule has 0 radical (unpaired) electrons. The van der Waals surface area contributed by atoms with E-state index in [2.05, 4.69) is 49.2 Å². The number of benzene rings is 3. The fraction of sp³-hybridized carbons (Fsp3) is 0.542. The van der Waals surface area contributed by atoms with Crippen LogP contribution in [0, 0.1) is 0 Å². The van der Waals surface area contributed by atoms with E-state index in [0.717, 1.165) is 114 Å². The van der Waals surface area contributed by atoms with E-state index in [9.17, 15) is 27.6 Å². The topological polar surface area (TPSA) is 149 Å². The van der Waals surface area contributed by atoms with Gasteiger partial charge >= 0.3 is 0 Å². The van der Waals surface area contributed by atoms with E-state index < -0.39 is 33.4 Å². The number of carbonyl (C=O) groups excluding carboxylic acids is 4. The molecule has 2 unspecified atom stereocenters. The summed E-state index contributed by atoms with van der Waals surface area (Å²) in [4.78, 5) is 62.9. The lowest BCUT2D eigenvalue weighted by Gasteiger charge is -2.43. The van der Waals surface area contributed by atoms with Crippen LogP contribution in [-0.4, -0.2) is 149 Å². The van der Waals surface area contributed by atoms with Crippen molar-refractivity contribution in [2.45, 2.75) is 75.8 Å². The first-order valence-electron chi connectivity index (χ1n) is 22.8. The van der Waals surface area contributed by atoms with Gasteiger partial charge in [-0.1, -0.05) is 30.3 Å². The van der Waals surface area contributed by atoms with Gasteiger partial charge < -0.3 is 24.2 Å². The molecule has 0 aromatic heterocycles. The second kappa shape index (κ2) is 19.5. The fourth-order valence-corrected chi connectivity index (χ4v) is 11.3. The quantitative estimate of drug-likeness (QED) is 0.208. The number of imide groups is 2. The number of methoxy groups -OCH3 is 1. The Labute approximate surface area is 371 Å². The molecule has 63 heavy (non-hydrogen) atoms. The Morgan fingerprint density at radius 3 is 2.02 bits per heavy atom. The molecule has 4 amide bonds. The van der Waals surface area contributed by atoms with Gasteiger partial charge in [-0.25, -0.2) is 8.42 Å². The number of amides is 4. The molecule has 4 saturated heterocycles. The molecule has 5 aliphatic rings. The number of hydrogen-bond acceptors (Lipinski definition) is 12. The number of piperidine rings is 3. The molecule has 8 rings (SSSR count). The predicted octanol–water partition coefficient (Wildman–Crippen LogP) is 4.85. The Kier molecular flexibility index (Phi) is 13.9. The van der Waals surface area contributed by atoms with Crippen LogP contribution >= 0.6 is 0 Å². The highest BCUT2D eigenvalue weighted by Gasteiger charge is 2.43. The number of rotatable bonds is 15. The number of anilines is 1. The van der Waals surface area contributed by atoms with Gasteiger partial charge in [0.25, 0.3) is 11.8 Å². The monoisotopic (exact) mass is 882 g/mol. The van der Waals surface area contributed by atoms with Crippen LogP contribution in [0.5, 0.6) is 11.5 Å². The van der Waals surface area contributed by atoms with Crippen LogP contribution in [-0.2, 0) is 19.4 Å². The van der Waals surface area contributed by atoms with Crippen molar-refractivity contribution >= 4 is 39.2 Å². The summed E-state index contributed by atoms with van der Waals surface area (Å²) < 4.78 is 36.5. The zero-order valence-electron chi connectivity index (χ0n) is 36.9. The number of fused-ring (bicyclic) bond motifs is 1. The predicted molar refractivity (Wildman–Crippen MR) is 241 cm³/mol. The van der Waals surface area contributed by atoms with Crippen molar-refractivity contribution in [2.75, 3.05) is 96.1 Å². The van der Waals surface area contributed by atoms with Crippen molar-refractivity contribution in [1.29, 1.82) is 0 Å². The van der Waals surface area contributed by atoms with Crippen LogP contribution in [0.25, 0.3) is 0 Å². The lowest BCUT2D eigenvalue weighted by Crippen LogP contribution is -2.53. The van der Waals surface area contributed by atoms with Gasteiger partial charge in [0.1, 0.15) is 9.84 Å². The number of ether oxygens (including phenoxy) is 2. The Bertz CT molecular complexity index is 2260. The Balaban J connectivity index is 0.774. The van der Waals surface area contributed by atoms with Crippen LogP contribution in [0.3, 0.4) is 0 Å². The largest absolute Gasteiger partial charge is 0.493 e. The number of likely N-dealkylation sites (tertiary alicyclic amines) is 2. The maximum atomic E-state index is 14.0. The number of carbonyl (C=O) groups is 4. The molecule has 2 atom stereocenters. The van der Waals surface area contributed by atoms with Crippen molar-refractivity contribution in [1.82, 2.24) is 24.9 Å². The average Bonchev–Trinajstić information content (AvgIpc) is 3.53. The molecule has 5 aliphatic heterocycles. The molecule has 0 spiro atoms. The fourth-order valence-electron chi connectivity index (χ4n) is 10.4. The minimum atomic E-state index is -3.60. The van der Waals surface area contributed by atoms with Crippen LogP contribution < -0.4 is 19.7 Å². The zero-order chi connectivity index (χ0) is 44.3. The third kappa shape index (κ3) is 10.3. The normalized spacial score (nSPS) is 21.7. The Morgan fingerprint density at radius 1 is 0.730 bits per heavy atom. The van der Waals surface area contributed by atoms with E-state index in [1.165, 1.54) is 19.1 Å². The van der Waals surface area contributed by atoms with E-state index in [-0.39, 0.29) is 23.3 Å². The molecule has 3 aromatic rings. The van der Waals surface area contributed by atoms with E-state index >= 15 is 0 Å². The second-order valence-electron chi connectivity index (χ2n) is 17.9. The third-order valence-electron chi connectivity index (χ3n) is 13.9. The van der Waals surface area contributed by atoms with Gasteiger partial charge in [-0.15, -0.1) is 0 Å². The molecule has 15 heteroatoms. The summed E-state index contributed by atoms with van der Waals surface area (Å²) in [6.07, 6.45) is 7.88. The lowest BCUT2D eigenvalue weighted by atomic mass is 9.86. The Hall–Kier alpha value is -4.83. The average molecular weight is 883 g/mol. The summed E-state index contributed by atoms with van der Waals surface area (Å²) >= 11 is 0. The lowest BCUT2D eigenvalue weighted by molar-refractivity contribution is -0.134. The first kappa shape index (κ1) is 44.8. The molecule has 0 saturated carbocycles. The summed E-state index contributed by atoms with van der Waals surface area (Å²) in [5.41, 5.74) is 4.29. The number of nitrogens with one attached hydrogen (secondary N) is 1. The SMILES string of the molecule is CCOc1cc(C(CS(C)(=O)=O)N2C(=O)c3ccc(N4CCN(C5CCN(CCCN6CCC(c7ccc(C8CCC(=O)NC8=O)cc7)CC6)CC5)CC4)cc3C2=O)ccc1OC. The summed E-state index contributed by atoms with van der Waals surface area (Å²) in [7, 11) is -2.08. The van der Waals surface area contributed by atoms with Crippen molar-refractivity contribution in [3.8, 4) is 11.5 Å². The van der Waals surface area contributed by atoms with Gasteiger partial charge in [0.15, 0.2) is 11.5 Å². The van der Waals surface area contributed by atoms with Crippen LogP contribution in [0.4, 0.5) is 5.69 Å². The molecular weight excluding hydrogens is 821 g/mol. The number of piperazine rings is 1. The molecule has 5 heterocycles. The molecule has 14 nitrogen and oxygen atoms in total. The van der Waals surface area contributed by atoms with Crippen LogP contribution in [0.1, 0.15) is 107 Å². The molecule has 1 N–H and O–H groups in total. The summed E-state index contributed by atoms with van der Waals surface area (Å²) in [6.45, 7) is 12.4. The van der Waals surface area contributed by atoms with Gasteiger partial charge in [0, 0.05) is 50.6 Å². The van der Waals surface area contributed by atoms with Gasteiger partial charge in [-0.3, -0.25) is 34.3 Å². The number of nitrogens with zero attached hydrogens (tertiary/aromatic N) is 5. The summed E-state index contributed by atoms with van der Waals surface area (Å²) in [5, 5.41) is 2.47. The van der Waals surface area contributed by atoms with Gasteiger partial charge in [-0.05, 0) is 138 Å². The highest BCUT2D eigenvalue weighted by Crippen LogP contribution is 2.38. The molecule has 338 valence electrons. The van der Waals surface area contributed by atoms with Crippen molar-refractivity contribution < 1.29 is 37.1 Å². The second-order valence-corrected chi connectivity index (χ2v) is 20.1. The summed E-state index contributed by atoms with van der Waals surface area (Å²) in [5.74, 6) is -0.578. The maximum absolute atomic E-state index is 14.0. The van der Waals surface area contributed by atoms with Gasteiger partial charge in [-0.2, -0.15) is 0 Å². The van der Waals surface area contributed by atoms with Crippen molar-refractivity contribution in [2.24, 2.45) is 0 Å². The first-order valence-corrected chi connectivity index (χ1v) is 24.8. The number of hydrogen-bond donors (Lipinski definition) is 1. The van der Waals surface area contributed by atoms with Crippen molar-refractivity contribution in [3.63, 3.8) is 0 Å². The first-order chi connectivity index (χ1) is 30.4. The van der Waals surface area contributed by atoms with Crippen LogP contribution in [0.15, 0.2) is 60.7 Å². The Morgan fingerprint density at radius 2 is 1.38 bits per heavy atom. The minimum absolute atomic E-state index is 0.176. The molecule has 3 aromatic carbocycles. The van der Waals surface area contributed by atoms with E-state index in [1.807, 2.05) is 13.0 Å². The van der Waals surface area contributed by atoms with Gasteiger partial charge in [0.05, 0.1) is 42.6 Å². The maximum Gasteiger partial charge on any atom is 0.262 e. The van der Waals surface area contributed by atoms with E-state index in [4.69, 9.17) is 9.47 Å². The smallest absolute Gasteiger partial charge is 0.262 e. The molecule has 0 bridgehead atoms. The van der Waals surface area contributed by atoms with E-state index in [0.29, 0.717) is 54.0 Å². The van der Waals surface area contributed by atoms with Gasteiger partial charge in [0.2, 0.25) is 11.8 Å². The third-order valence-corrected chi connectivity index (χ3v) is 14.8. The molecule has 0 aliphatic carbocycles. The van der Waals surface area contributed by atoms with E-state index in [1.54, 1.807) is 30.3 Å². The zero-order valence-corrected chi connectivity index (χ0v) is 37.7. The minimum Gasteiger partial charge on any atom is -0.493 e. The highest BCUT2D eigenvalue weighted by molar-refractivity contribution is 7.90.